The lowest BCUT2D eigenvalue weighted by Gasteiger charge is -2.30. The highest BCUT2D eigenvalue weighted by Crippen LogP contribution is 2.17. The topological polar surface area (TPSA) is 46.6 Å². The van der Waals surface area contributed by atoms with Crippen LogP contribution >= 0.6 is 0 Å². The SMILES string of the molecule is COC(=O)N1CCCC(C(C)=O)C1. The fourth-order valence-corrected chi connectivity index (χ4v) is 1.60. The van der Waals surface area contributed by atoms with Crippen molar-refractivity contribution in [2.45, 2.75) is 19.8 Å². The molecule has 74 valence electrons. The standard InChI is InChI=1S/C9H15NO3/c1-7(11)8-4-3-5-10(6-8)9(12)13-2/h8H,3-6H2,1-2H3. The first kappa shape index (κ1) is 10.0. The predicted octanol–water partition coefficient (Wildman–Crippen LogP) is 1.05. The second-order valence-electron chi connectivity index (χ2n) is 3.37. The van der Waals surface area contributed by atoms with E-state index in [4.69, 9.17) is 0 Å². The van der Waals surface area contributed by atoms with Crippen molar-refractivity contribution in [1.82, 2.24) is 4.90 Å². The molecule has 1 rings (SSSR count). The summed E-state index contributed by atoms with van der Waals surface area (Å²) in [5, 5.41) is 0. The monoisotopic (exact) mass is 185 g/mol. The van der Waals surface area contributed by atoms with Crippen LogP contribution in [0.25, 0.3) is 0 Å². The highest BCUT2D eigenvalue weighted by Gasteiger charge is 2.26. The van der Waals surface area contributed by atoms with Gasteiger partial charge in [0.05, 0.1) is 7.11 Å². The maximum absolute atomic E-state index is 11.1. The Kier molecular flexibility index (Phi) is 3.28. The number of ether oxygens (including phenoxy) is 1. The van der Waals surface area contributed by atoms with Crippen molar-refractivity contribution in [2.75, 3.05) is 20.2 Å². The third kappa shape index (κ3) is 2.44. The van der Waals surface area contributed by atoms with Gasteiger partial charge in [-0.2, -0.15) is 0 Å². The molecule has 1 aliphatic rings. The number of Topliss-reactive ketones (excluding diaryl/α,β-unsaturated/α-hetero) is 1. The van der Waals surface area contributed by atoms with E-state index in [1.807, 2.05) is 0 Å². The summed E-state index contributed by atoms with van der Waals surface area (Å²) in [6, 6.07) is 0. The molecule has 0 radical (unpaired) electrons. The van der Waals surface area contributed by atoms with Crippen LogP contribution in [-0.2, 0) is 9.53 Å². The highest BCUT2D eigenvalue weighted by molar-refractivity contribution is 5.79. The summed E-state index contributed by atoms with van der Waals surface area (Å²) < 4.78 is 4.59. The summed E-state index contributed by atoms with van der Waals surface area (Å²) in [5.74, 6) is 0.168. The van der Waals surface area contributed by atoms with Crippen LogP contribution in [0.4, 0.5) is 4.79 Å². The number of carbonyl (C=O) groups excluding carboxylic acids is 2. The lowest BCUT2D eigenvalue weighted by atomic mass is 9.95. The van der Waals surface area contributed by atoms with Crippen molar-refractivity contribution in [1.29, 1.82) is 0 Å². The number of ketones is 1. The van der Waals surface area contributed by atoms with E-state index < -0.39 is 0 Å². The summed E-state index contributed by atoms with van der Waals surface area (Å²) in [7, 11) is 1.36. The van der Waals surface area contributed by atoms with Crippen molar-refractivity contribution < 1.29 is 14.3 Å². The van der Waals surface area contributed by atoms with E-state index in [-0.39, 0.29) is 17.8 Å². The Hall–Kier alpha value is -1.06. The molecule has 0 aliphatic carbocycles. The van der Waals surface area contributed by atoms with Gasteiger partial charge in [-0.25, -0.2) is 4.79 Å². The van der Waals surface area contributed by atoms with Gasteiger partial charge >= 0.3 is 6.09 Å². The first-order valence-electron chi connectivity index (χ1n) is 4.48. The molecule has 0 aromatic heterocycles. The molecule has 0 bridgehead atoms. The summed E-state index contributed by atoms with van der Waals surface area (Å²) in [5.41, 5.74) is 0. The molecule has 1 heterocycles. The molecule has 4 heteroatoms. The quantitative estimate of drug-likeness (QED) is 0.613. The molecule has 0 aromatic carbocycles. The fourth-order valence-electron chi connectivity index (χ4n) is 1.60. The van der Waals surface area contributed by atoms with E-state index in [1.165, 1.54) is 7.11 Å². The second kappa shape index (κ2) is 4.25. The van der Waals surface area contributed by atoms with Gasteiger partial charge in [0.1, 0.15) is 5.78 Å². The zero-order valence-electron chi connectivity index (χ0n) is 8.08. The second-order valence-corrected chi connectivity index (χ2v) is 3.37. The fraction of sp³-hybridized carbons (Fsp3) is 0.778. The number of rotatable bonds is 1. The molecule has 0 N–H and O–H groups in total. The molecule has 1 amide bonds. The van der Waals surface area contributed by atoms with Crippen LogP contribution in [0, 0.1) is 5.92 Å². The van der Waals surface area contributed by atoms with Gasteiger partial charge < -0.3 is 9.64 Å². The number of nitrogens with zero attached hydrogens (tertiary/aromatic N) is 1. The molecule has 4 nitrogen and oxygen atoms in total. The first-order valence-corrected chi connectivity index (χ1v) is 4.48. The molecule has 1 saturated heterocycles. The van der Waals surface area contributed by atoms with Crippen LogP contribution in [0.3, 0.4) is 0 Å². The van der Waals surface area contributed by atoms with Gasteiger partial charge in [0.15, 0.2) is 0 Å². The minimum atomic E-state index is -0.328. The zero-order chi connectivity index (χ0) is 9.84. The molecule has 1 atom stereocenters. The molecular weight excluding hydrogens is 170 g/mol. The molecule has 0 spiro atoms. The molecule has 1 aliphatic heterocycles. The Labute approximate surface area is 77.8 Å². The number of hydrogen-bond acceptors (Lipinski definition) is 3. The molecule has 1 fully saturated rings. The van der Waals surface area contributed by atoms with E-state index in [0.717, 1.165) is 12.8 Å². The molecule has 0 saturated carbocycles. The maximum Gasteiger partial charge on any atom is 0.409 e. The zero-order valence-corrected chi connectivity index (χ0v) is 8.08. The van der Waals surface area contributed by atoms with Crippen molar-refractivity contribution in [2.24, 2.45) is 5.92 Å². The minimum absolute atomic E-state index is 0.00727. The van der Waals surface area contributed by atoms with Crippen molar-refractivity contribution in [3.05, 3.63) is 0 Å². The van der Waals surface area contributed by atoms with Crippen molar-refractivity contribution in [3.63, 3.8) is 0 Å². The van der Waals surface area contributed by atoms with E-state index in [0.29, 0.717) is 13.1 Å². The first-order chi connectivity index (χ1) is 6.15. The van der Waals surface area contributed by atoms with Crippen LogP contribution in [0.5, 0.6) is 0 Å². The van der Waals surface area contributed by atoms with E-state index in [1.54, 1.807) is 11.8 Å². The van der Waals surface area contributed by atoms with Crippen molar-refractivity contribution in [3.8, 4) is 0 Å². The lowest BCUT2D eigenvalue weighted by molar-refractivity contribution is -0.122. The summed E-state index contributed by atoms with van der Waals surface area (Å²) >= 11 is 0. The van der Waals surface area contributed by atoms with E-state index >= 15 is 0 Å². The average Bonchev–Trinajstić information content (AvgIpc) is 2.17. The maximum atomic E-state index is 11.1. The van der Waals surface area contributed by atoms with Crippen LogP contribution in [0.1, 0.15) is 19.8 Å². The van der Waals surface area contributed by atoms with Gasteiger partial charge in [-0.3, -0.25) is 4.79 Å². The minimum Gasteiger partial charge on any atom is -0.453 e. The molecule has 1 unspecified atom stereocenters. The Morgan fingerprint density at radius 1 is 1.46 bits per heavy atom. The molecule has 13 heavy (non-hydrogen) atoms. The van der Waals surface area contributed by atoms with Gasteiger partial charge in [0.25, 0.3) is 0 Å². The largest absolute Gasteiger partial charge is 0.453 e. The third-order valence-corrected chi connectivity index (χ3v) is 2.43. The Balaban J connectivity index is 2.51. The highest BCUT2D eigenvalue weighted by atomic mass is 16.5. The summed E-state index contributed by atoms with van der Waals surface area (Å²) in [6.07, 6.45) is 1.45. The molecule has 0 aromatic rings. The predicted molar refractivity (Wildman–Crippen MR) is 47.4 cm³/mol. The van der Waals surface area contributed by atoms with Gasteiger partial charge in [-0.05, 0) is 19.8 Å². The Morgan fingerprint density at radius 3 is 2.69 bits per heavy atom. The van der Waals surface area contributed by atoms with E-state index in [2.05, 4.69) is 4.74 Å². The van der Waals surface area contributed by atoms with Crippen LogP contribution < -0.4 is 0 Å². The Morgan fingerprint density at radius 2 is 2.15 bits per heavy atom. The van der Waals surface area contributed by atoms with Gasteiger partial charge in [-0.15, -0.1) is 0 Å². The van der Waals surface area contributed by atoms with Crippen LogP contribution in [-0.4, -0.2) is 37.0 Å². The summed E-state index contributed by atoms with van der Waals surface area (Å²) in [4.78, 5) is 23.8. The van der Waals surface area contributed by atoms with Gasteiger partial charge in [0, 0.05) is 19.0 Å². The van der Waals surface area contributed by atoms with Crippen LogP contribution in [0.2, 0.25) is 0 Å². The normalized spacial score (nSPS) is 22.6. The Bertz CT molecular complexity index is 215. The third-order valence-electron chi connectivity index (χ3n) is 2.43. The van der Waals surface area contributed by atoms with E-state index in [9.17, 15) is 9.59 Å². The summed E-state index contributed by atoms with van der Waals surface area (Å²) in [6.45, 7) is 2.80. The van der Waals surface area contributed by atoms with Crippen molar-refractivity contribution >= 4 is 11.9 Å². The lowest BCUT2D eigenvalue weighted by Crippen LogP contribution is -2.41. The number of hydrogen-bond donors (Lipinski definition) is 0. The van der Waals surface area contributed by atoms with Crippen LogP contribution in [0.15, 0.2) is 0 Å². The molecular formula is C9H15NO3. The number of likely N-dealkylation sites (tertiary alicyclic amines) is 1. The smallest absolute Gasteiger partial charge is 0.409 e. The number of amides is 1. The number of piperidine rings is 1. The van der Waals surface area contributed by atoms with Gasteiger partial charge in [-0.1, -0.05) is 0 Å². The number of carbonyl (C=O) groups is 2. The number of methoxy groups -OCH3 is 1. The average molecular weight is 185 g/mol. The van der Waals surface area contributed by atoms with Gasteiger partial charge in [0.2, 0.25) is 0 Å².